The van der Waals surface area contributed by atoms with Crippen LogP contribution in [0.2, 0.25) is 0 Å². The van der Waals surface area contributed by atoms with Crippen LogP contribution in [0.4, 0.5) is 0 Å². The van der Waals surface area contributed by atoms with E-state index in [1.165, 1.54) is 4.88 Å². The Balaban J connectivity index is 2.02. The van der Waals surface area contributed by atoms with Gasteiger partial charge in [-0.15, -0.1) is 11.3 Å². The zero-order valence-corrected chi connectivity index (χ0v) is 17.7. The molecule has 4 nitrogen and oxygen atoms in total. The molecular weight excluding hydrogens is 344 g/mol. The van der Waals surface area contributed by atoms with Crippen LogP contribution >= 0.6 is 11.3 Å². The normalized spacial score (nSPS) is 27.3. The van der Waals surface area contributed by atoms with E-state index in [0.29, 0.717) is 22.8 Å². The number of hydrogen-bond donors (Lipinski definition) is 2. The monoisotopic (exact) mass is 378 g/mol. The van der Waals surface area contributed by atoms with Crippen LogP contribution in [0.1, 0.15) is 85.0 Å². The van der Waals surface area contributed by atoms with E-state index in [1.54, 1.807) is 16.3 Å². The predicted molar refractivity (Wildman–Crippen MR) is 108 cm³/mol. The van der Waals surface area contributed by atoms with Gasteiger partial charge in [-0.1, -0.05) is 27.7 Å². The Morgan fingerprint density at radius 2 is 1.96 bits per heavy atom. The van der Waals surface area contributed by atoms with E-state index in [0.717, 1.165) is 55.5 Å². The number of carboxylic acids is 1. The summed E-state index contributed by atoms with van der Waals surface area (Å²) < 4.78 is 0. The second-order valence-electron chi connectivity index (χ2n) is 10.1. The van der Waals surface area contributed by atoms with E-state index < -0.39 is 5.97 Å². The molecule has 2 aliphatic rings. The fourth-order valence-corrected chi connectivity index (χ4v) is 6.62. The van der Waals surface area contributed by atoms with E-state index in [1.807, 2.05) is 7.05 Å². The van der Waals surface area contributed by atoms with Gasteiger partial charge in [0.1, 0.15) is 0 Å². The van der Waals surface area contributed by atoms with Crippen molar-refractivity contribution in [1.82, 2.24) is 5.01 Å². The first-order valence-corrected chi connectivity index (χ1v) is 10.6. The first-order valence-electron chi connectivity index (χ1n) is 9.83. The highest BCUT2D eigenvalue weighted by molar-refractivity contribution is 7.12. The standard InChI is InChI=1S/C21H34N2O2S/c1-20(2)8-6-14(13(10-20)12-23(5)22)18-17(19(24)25)15-11-21(3,4)9-7-16(15)26-18/h13-14H,6-12,22H2,1-5H3,(H,24,25)/t13-,14-/m1/s1. The molecule has 0 unspecified atom stereocenters. The molecule has 0 aromatic carbocycles. The Labute approximate surface area is 161 Å². The summed E-state index contributed by atoms with van der Waals surface area (Å²) in [5.41, 5.74) is 2.26. The Hall–Kier alpha value is -0.910. The van der Waals surface area contributed by atoms with Gasteiger partial charge in [-0.2, -0.15) is 0 Å². The number of thiophene rings is 1. The van der Waals surface area contributed by atoms with Crippen LogP contribution in [0, 0.1) is 16.7 Å². The lowest BCUT2D eigenvalue weighted by Crippen LogP contribution is -2.39. The smallest absolute Gasteiger partial charge is 0.337 e. The molecule has 1 fully saturated rings. The lowest BCUT2D eigenvalue weighted by molar-refractivity contribution is 0.0690. The minimum Gasteiger partial charge on any atom is -0.478 e. The van der Waals surface area contributed by atoms with Gasteiger partial charge in [0.2, 0.25) is 0 Å². The fraction of sp³-hybridized carbons (Fsp3) is 0.762. The third-order valence-corrected chi connectivity index (χ3v) is 7.81. The average molecular weight is 379 g/mol. The maximum absolute atomic E-state index is 12.2. The maximum atomic E-state index is 12.2. The Morgan fingerprint density at radius 3 is 2.58 bits per heavy atom. The summed E-state index contributed by atoms with van der Waals surface area (Å²) in [5, 5.41) is 11.8. The van der Waals surface area contributed by atoms with Crippen LogP contribution in [-0.4, -0.2) is 29.7 Å². The van der Waals surface area contributed by atoms with Crippen molar-refractivity contribution in [3.63, 3.8) is 0 Å². The molecule has 5 heteroatoms. The quantitative estimate of drug-likeness (QED) is 0.590. The second kappa shape index (κ2) is 6.92. The summed E-state index contributed by atoms with van der Waals surface area (Å²) in [5.74, 6) is 6.00. The van der Waals surface area contributed by atoms with Crippen molar-refractivity contribution in [3.05, 3.63) is 20.9 Å². The summed E-state index contributed by atoms with van der Waals surface area (Å²) in [6.07, 6.45) is 6.37. The SMILES string of the molecule is CN(N)C[C@H]1CC(C)(C)CC[C@H]1c1sc2c(c1C(=O)O)CC(C)(C)CC2. The molecule has 0 amide bonds. The van der Waals surface area contributed by atoms with Crippen molar-refractivity contribution < 1.29 is 9.90 Å². The summed E-state index contributed by atoms with van der Waals surface area (Å²) in [6, 6.07) is 0. The van der Waals surface area contributed by atoms with Gasteiger partial charge in [-0.25, -0.2) is 9.80 Å². The van der Waals surface area contributed by atoms with Crippen molar-refractivity contribution in [2.75, 3.05) is 13.6 Å². The number of hydrogen-bond acceptors (Lipinski definition) is 4. The molecule has 1 saturated carbocycles. The molecule has 1 aromatic heterocycles. The largest absolute Gasteiger partial charge is 0.478 e. The number of fused-ring (bicyclic) bond motifs is 1. The first kappa shape index (κ1) is 19.8. The van der Waals surface area contributed by atoms with Crippen LogP contribution in [0.3, 0.4) is 0 Å². The number of nitrogens with two attached hydrogens (primary N) is 1. The molecule has 0 bridgehead atoms. The highest BCUT2D eigenvalue weighted by Crippen LogP contribution is 2.51. The van der Waals surface area contributed by atoms with Crippen molar-refractivity contribution >= 4 is 17.3 Å². The minimum absolute atomic E-state index is 0.195. The van der Waals surface area contributed by atoms with Gasteiger partial charge < -0.3 is 5.11 Å². The van der Waals surface area contributed by atoms with Crippen molar-refractivity contribution in [3.8, 4) is 0 Å². The summed E-state index contributed by atoms with van der Waals surface area (Å²) in [6.45, 7) is 9.99. The van der Waals surface area contributed by atoms with Gasteiger partial charge in [0.05, 0.1) is 5.56 Å². The van der Waals surface area contributed by atoms with Gasteiger partial charge in [-0.05, 0) is 66.8 Å². The maximum Gasteiger partial charge on any atom is 0.337 e. The van der Waals surface area contributed by atoms with Crippen molar-refractivity contribution in [2.45, 2.75) is 72.1 Å². The van der Waals surface area contributed by atoms with Crippen molar-refractivity contribution in [1.29, 1.82) is 0 Å². The topological polar surface area (TPSA) is 66.6 Å². The molecule has 3 N–H and O–H groups in total. The molecule has 26 heavy (non-hydrogen) atoms. The Kier molecular flexibility index (Phi) is 5.28. The third-order valence-electron chi connectivity index (χ3n) is 6.39. The minimum atomic E-state index is -0.736. The van der Waals surface area contributed by atoms with Crippen LogP contribution in [0.25, 0.3) is 0 Å². The number of rotatable bonds is 4. The van der Waals surface area contributed by atoms with E-state index in [4.69, 9.17) is 5.84 Å². The number of hydrazine groups is 1. The molecule has 1 aromatic rings. The highest BCUT2D eigenvalue weighted by atomic mass is 32.1. The molecule has 3 rings (SSSR count). The van der Waals surface area contributed by atoms with Crippen molar-refractivity contribution in [2.24, 2.45) is 22.6 Å². The van der Waals surface area contributed by atoms with Gasteiger partial charge in [0.25, 0.3) is 0 Å². The molecule has 2 aliphatic carbocycles. The molecule has 2 atom stereocenters. The Bertz CT molecular complexity index is 690. The van der Waals surface area contributed by atoms with Gasteiger partial charge in [0, 0.05) is 23.3 Å². The molecular formula is C21H34N2O2S. The van der Waals surface area contributed by atoms with E-state index in [-0.39, 0.29) is 5.41 Å². The first-order chi connectivity index (χ1) is 12.0. The number of nitrogens with zero attached hydrogens (tertiary/aromatic N) is 1. The van der Waals surface area contributed by atoms with Gasteiger partial charge >= 0.3 is 5.97 Å². The lowest BCUT2D eigenvalue weighted by atomic mass is 9.66. The zero-order valence-electron chi connectivity index (χ0n) is 16.9. The number of carbonyl (C=O) groups is 1. The van der Waals surface area contributed by atoms with E-state index >= 15 is 0 Å². The number of aromatic carboxylic acids is 1. The number of carboxylic acid groups (broad SMARTS) is 1. The highest BCUT2D eigenvalue weighted by Gasteiger charge is 2.41. The third kappa shape index (κ3) is 4.00. The van der Waals surface area contributed by atoms with E-state index in [2.05, 4.69) is 27.7 Å². The van der Waals surface area contributed by atoms with Crippen LogP contribution in [-0.2, 0) is 12.8 Å². The summed E-state index contributed by atoms with van der Waals surface area (Å²) in [7, 11) is 1.92. The molecule has 0 spiro atoms. The van der Waals surface area contributed by atoms with Gasteiger partial charge in [0.15, 0.2) is 0 Å². The zero-order chi connectivity index (χ0) is 19.3. The predicted octanol–water partition coefficient (Wildman–Crippen LogP) is 4.68. The van der Waals surface area contributed by atoms with Crippen LogP contribution in [0.15, 0.2) is 0 Å². The summed E-state index contributed by atoms with van der Waals surface area (Å²) in [4.78, 5) is 14.7. The average Bonchev–Trinajstić information content (AvgIpc) is 2.82. The van der Waals surface area contributed by atoms with Gasteiger partial charge in [-0.3, -0.25) is 5.84 Å². The van der Waals surface area contributed by atoms with E-state index in [9.17, 15) is 9.90 Å². The fourth-order valence-electron chi connectivity index (χ4n) is 5.08. The molecule has 0 aliphatic heterocycles. The van der Waals surface area contributed by atoms with Crippen LogP contribution < -0.4 is 5.84 Å². The second-order valence-corrected chi connectivity index (χ2v) is 11.2. The summed E-state index contributed by atoms with van der Waals surface area (Å²) >= 11 is 1.79. The molecule has 1 heterocycles. The Morgan fingerprint density at radius 1 is 1.27 bits per heavy atom. The molecule has 0 radical (unpaired) electrons. The number of aryl methyl sites for hydroxylation is 1. The molecule has 146 valence electrons. The van der Waals surface area contributed by atoms with Crippen LogP contribution in [0.5, 0.6) is 0 Å². The molecule has 0 saturated heterocycles. The lowest BCUT2D eigenvalue weighted by Gasteiger charge is -2.41.